The summed E-state index contributed by atoms with van der Waals surface area (Å²) in [5, 5.41) is -0.545. The van der Waals surface area contributed by atoms with Crippen LogP contribution in [-0.2, 0) is 14.3 Å². The van der Waals surface area contributed by atoms with Gasteiger partial charge in [0.05, 0.1) is 0 Å². The summed E-state index contributed by atoms with van der Waals surface area (Å²) in [7, 11) is 0. The number of esters is 1. The first-order valence-corrected chi connectivity index (χ1v) is 3.47. The predicted octanol–water partition coefficient (Wildman–Crippen LogP) is 2.11. The normalized spacial score (nSPS) is 13.5. The zero-order valence-corrected chi connectivity index (χ0v) is 7.36. The lowest BCUT2D eigenvalue weighted by atomic mass is 10.6. The summed E-state index contributed by atoms with van der Waals surface area (Å²) >= 11 is 4.99. The zero-order valence-electron chi connectivity index (χ0n) is 6.61. The first-order valence-electron chi connectivity index (χ1n) is 3.09. The minimum Gasteiger partial charge on any atom is -0.434 e. The van der Waals surface area contributed by atoms with Gasteiger partial charge in [0.1, 0.15) is 5.03 Å². The molecule has 0 aliphatic carbocycles. The number of ether oxygens (including phenoxy) is 2. The van der Waals surface area contributed by atoms with Crippen molar-refractivity contribution < 1.29 is 31.8 Å². The molecule has 0 rings (SSSR count). The largest absolute Gasteiger partial charge is 0.445 e. The van der Waals surface area contributed by atoms with E-state index in [-0.39, 0.29) is 0 Å². The van der Waals surface area contributed by atoms with E-state index in [1.165, 1.54) is 0 Å². The second-order valence-electron chi connectivity index (χ2n) is 1.98. The summed E-state index contributed by atoms with van der Waals surface area (Å²) in [4.78, 5) is 10.4. The SMILES string of the molecule is C=C(Cl)C(=O)OCOC(F)C(F)(F)F. The Bertz CT molecular complexity index is 228. The molecule has 0 aromatic rings. The van der Waals surface area contributed by atoms with Gasteiger partial charge in [0.15, 0.2) is 6.79 Å². The Kier molecular flexibility index (Phi) is 4.86. The molecule has 8 heteroatoms. The van der Waals surface area contributed by atoms with Crippen LogP contribution >= 0.6 is 11.6 Å². The quantitative estimate of drug-likeness (QED) is 0.325. The van der Waals surface area contributed by atoms with E-state index in [1.54, 1.807) is 0 Å². The third-order valence-corrected chi connectivity index (χ3v) is 1.04. The van der Waals surface area contributed by atoms with Crippen molar-refractivity contribution in [3.8, 4) is 0 Å². The molecule has 0 heterocycles. The van der Waals surface area contributed by atoms with Crippen molar-refractivity contribution in [1.82, 2.24) is 0 Å². The minimum absolute atomic E-state index is 0.545. The Labute approximate surface area is 81.2 Å². The van der Waals surface area contributed by atoms with E-state index in [0.29, 0.717) is 0 Å². The molecule has 1 unspecified atom stereocenters. The van der Waals surface area contributed by atoms with E-state index >= 15 is 0 Å². The van der Waals surface area contributed by atoms with E-state index in [4.69, 9.17) is 11.6 Å². The van der Waals surface area contributed by atoms with Crippen molar-refractivity contribution in [3.63, 3.8) is 0 Å². The molecule has 0 bridgehead atoms. The van der Waals surface area contributed by atoms with Crippen molar-refractivity contribution in [1.29, 1.82) is 0 Å². The third-order valence-electron chi connectivity index (χ3n) is 0.883. The fraction of sp³-hybridized carbons (Fsp3) is 0.500. The lowest BCUT2D eigenvalue weighted by Crippen LogP contribution is -2.28. The standard InChI is InChI=1S/C6H5ClF4O3/c1-3(7)4(12)13-2-14-5(8)6(9,10)11/h5H,1-2H2. The molecule has 1 atom stereocenters. The van der Waals surface area contributed by atoms with Gasteiger partial charge in [-0.3, -0.25) is 0 Å². The van der Waals surface area contributed by atoms with Gasteiger partial charge in [-0.2, -0.15) is 13.2 Å². The third kappa shape index (κ3) is 5.03. The van der Waals surface area contributed by atoms with E-state index in [2.05, 4.69) is 16.1 Å². The number of hydrogen-bond acceptors (Lipinski definition) is 3. The molecule has 14 heavy (non-hydrogen) atoms. The molecule has 0 aromatic heterocycles. The van der Waals surface area contributed by atoms with Crippen LogP contribution in [-0.4, -0.2) is 25.3 Å². The zero-order chi connectivity index (χ0) is 11.4. The molecule has 0 radical (unpaired) electrons. The van der Waals surface area contributed by atoms with Crippen LogP contribution in [0.5, 0.6) is 0 Å². The van der Waals surface area contributed by atoms with E-state index < -0.39 is 30.3 Å². The van der Waals surface area contributed by atoms with Gasteiger partial charge in [0.2, 0.25) is 0 Å². The molecule has 0 spiro atoms. The molecule has 82 valence electrons. The molecule has 0 fully saturated rings. The highest BCUT2D eigenvalue weighted by atomic mass is 35.5. The molecule has 0 saturated heterocycles. The molecule has 0 amide bonds. The average molecular weight is 237 g/mol. The second kappa shape index (κ2) is 5.16. The first kappa shape index (κ1) is 13.2. The monoisotopic (exact) mass is 236 g/mol. The number of hydrogen-bond donors (Lipinski definition) is 0. The van der Waals surface area contributed by atoms with Gasteiger partial charge < -0.3 is 9.47 Å². The van der Waals surface area contributed by atoms with Gasteiger partial charge in [0, 0.05) is 0 Å². The van der Waals surface area contributed by atoms with Crippen LogP contribution in [0.4, 0.5) is 17.6 Å². The Morgan fingerprint density at radius 2 is 2.00 bits per heavy atom. The molecule has 0 aliphatic rings. The molecule has 3 nitrogen and oxygen atoms in total. The number of carbonyl (C=O) groups excluding carboxylic acids is 1. The topological polar surface area (TPSA) is 35.5 Å². The van der Waals surface area contributed by atoms with Gasteiger partial charge in [-0.1, -0.05) is 18.2 Å². The van der Waals surface area contributed by atoms with Crippen LogP contribution in [0.15, 0.2) is 11.6 Å². The Morgan fingerprint density at radius 3 is 2.36 bits per heavy atom. The van der Waals surface area contributed by atoms with Crippen molar-refractivity contribution in [2.24, 2.45) is 0 Å². The number of rotatable bonds is 4. The van der Waals surface area contributed by atoms with Gasteiger partial charge in [-0.25, -0.2) is 9.18 Å². The maximum atomic E-state index is 12.0. The van der Waals surface area contributed by atoms with Crippen molar-refractivity contribution in [3.05, 3.63) is 11.6 Å². The Balaban J connectivity index is 3.76. The molecule has 0 N–H and O–H groups in total. The highest BCUT2D eigenvalue weighted by molar-refractivity contribution is 6.40. The van der Waals surface area contributed by atoms with Gasteiger partial charge in [-0.15, -0.1) is 0 Å². The summed E-state index contributed by atoms with van der Waals surface area (Å²) < 4.78 is 53.7. The van der Waals surface area contributed by atoms with Crippen LogP contribution in [0, 0.1) is 0 Å². The summed E-state index contributed by atoms with van der Waals surface area (Å²) in [5.74, 6) is -1.18. The molecule has 0 saturated carbocycles. The molecular formula is C6H5ClF4O3. The molecule has 0 aromatic carbocycles. The van der Waals surface area contributed by atoms with Crippen molar-refractivity contribution in [2.45, 2.75) is 12.5 Å². The average Bonchev–Trinajstić information content (AvgIpc) is 2.01. The van der Waals surface area contributed by atoms with Crippen LogP contribution in [0.2, 0.25) is 0 Å². The van der Waals surface area contributed by atoms with Crippen LogP contribution in [0.3, 0.4) is 0 Å². The van der Waals surface area contributed by atoms with Gasteiger partial charge >= 0.3 is 12.1 Å². The Hall–Kier alpha value is -0.820. The maximum Gasteiger partial charge on any atom is 0.445 e. The maximum absolute atomic E-state index is 12.0. The van der Waals surface area contributed by atoms with Crippen LogP contribution < -0.4 is 0 Å². The summed E-state index contributed by atoms with van der Waals surface area (Å²) in [6.45, 7) is 1.73. The number of carbonyl (C=O) groups is 1. The second-order valence-corrected chi connectivity index (χ2v) is 2.44. The van der Waals surface area contributed by atoms with Crippen LogP contribution in [0.1, 0.15) is 0 Å². The van der Waals surface area contributed by atoms with Crippen molar-refractivity contribution in [2.75, 3.05) is 6.79 Å². The molecular weight excluding hydrogens is 232 g/mol. The van der Waals surface area contributed by atoms with Crippen LogP contribution in [0.25, 0.3) is 0 Å². The number of halogens is 5. The minimum atomic E-state index is -5.15. The fourth-order valence-electron chi connectivity index (χ4n) is 0.320. The number of alkyl halides is 4. The lowest BCUT2D eigenvalue weighted by molar-refractivity contribution is -0.281. The summed E-state index contributed by atoms with van der Waals surface area (Å²) in [5.41, 5.74) is 0. The smallest absolute Gasteiger partial charge is 0.434 e. The Morgan fingerprint density at radius 1 is 1.50 bits per heavy atom. The first-order chi connectivity index (χ1) is 6.25. The summed E-state index contributed by atoms with van der Waals surface area (Å²) in [6.07, 6.45) is -8.65. The van der Waals surface area contributed by atoms with E-state index in [1.807, 2.05) is 0 Å². The lowest BCUT2D eigenvalue weighted by Gasteiger charge is -2.12. The van der Waals surface area contributed by atoms with Gasteiger partial charge in [-0.05, 0) is 0 Å². The predicted molar refractivity (Wildman–Crippen MR) is 38.0 cm³/mol. The fourth-order valence-corrected chi connectivity index (χ4v) is 0.375. The van der Waals surface area contributed by atoms with Crippen molar-refractivity contribution >= 4 is 17.6 Å². The highest BCUT2D eigenvalue weighted by Gasteiger charge is 2.41. The van der Waals surface area contributed by atoms with E-state index in [0.717, 1.165) is 0 Å². The summed E-state index contributed by atoms with van der Waals surface area (Å²) in [6, 6.07) is 0. The molecule has 0 aliphatic heterocycles. The van der Waals surface area contributed by atoms with E-state index in [9.17, 15) is 22.4 Å². The van der Waals surface area contributed by atoms with Gasteiger partial charge in [0.25, 0.3) is 6.36 Å². The highest BCUT2D eigenvalue weighted by Crippen LogP contribution is 2.23.